The Bertz CT molecular complexity index is 1690. The van der Waals surface area contributed by atoms with E-state index < -0.39 is 51.4 Å². The third-order valence-corrected chi connectivity index (χ3v) is 8.07. The second-order valence-corrected chi connectivity index (χ2v) is 12.5. The summed E-state index contributed by atoms with van der Waals surface area (Å²) in [6.45, 7) is 1.00. The van der Waals surface area contributed by atoms with Crippen LogP contribution in [0.25, 0.3) is 11.0 Å². The van der Waals surface area contributed by atoms with Gasteiger partial charge < -0.3 is 24.8 Å². The number of alkyl halides is 4. The Hall–Kier alpha value is -3.90. The molecule has 1 aliphatic rings. The molecule has 232 valence electrons. The van der Waals surface area contributed by atoms with Crippen molar-refractivity contribution in [2.45, 2.75) is 36.8 Å². The Labute approximate surface area is 245 Å². The predicted octanol–water partition coefficient (Wildman–Crippen LogP) is 3.63. The Balaban J connectivity index is 1.66. The number of nitrogens with one attached hydrogen (secondary N) is 2. The van der Waals surface area contributed by atoms with Crippen LogP contribution in [0.3, 0.4) is 0 Å². The first-order valence-electron chi connectivity index (χ1n) is 13.1. The molecule has 1 aliphatic heterocycles. The lowest BCUT2D eigenvalue weighted by Gasteiger charge is -2.37. The summed E-state index contributed by atoms with van der Waals surface area (Å²) >= 11 is 0. The highest BCUT2D eigenvalue weighted by Gasteiger charge is 2.35. The van der Waals surface area contributed by atoms with Gasteiger partial charge >= 0.3 is 6.18 Å². The number of ether oxygens (including phenoxy) is 1. The van der Waals surface area contributed by atoms with Crippen molar-refractivity contribution in [3.05, 3.63) is 47.5 Å². The number of aromatic nitrogens is 2. The van der Waals surface area contributed by atoms with Gasteiger partial charge in [0, 0.05) is 31.0 Å². The van der Waals surface area contributed by atoms with E-state index in [1.165, 1.54) is 19.2 Å². The van der Waals surface area contributed by atoms with Gasteiger partial charge in [0.25, 0.3) is 5.91 Å². The first-order valence-corrected chi connectivity index (χ1v) is 15.0. The molecule has 3 aromatic rings. The summed E-state index contributed by atoms with van der Waals surface area (Å²) in [5, 5.41) is 5.52. The van der Waals surface area contributed by atoms with Gasteiger partial charge in [0.15, 0.2) is 9.84 Å². The molecule has 0 saturated carbocycles. The van der Waals surface area contributed by atoms with Gasteiger partial charge in [-0.3, -0.25) is 4.79 Å². The molecule has 4 rings (SSSR count). The molecule has 0 unspecified atom stereocenters. The molecule has 9 nitrogen and oxygen atoms in total. The number of methoxy groups -OCH3 is 1. The van der Waals surface area contributed by atoms with E-state index >= 15 is 0 Å². The average Bonchev–Trinajstić information content (AvgIpc) is 3.28. The molecule has 1 fully saturated rings. The molecule has 1 saturated heterocycles. The Morgan fingerprint density at radius 3 is 2.56 bits per heavy atom. The monoisotopic (exact) mass is 627 g/mol. The second-order valence-electron chi connectivity index (χ2n) is 10.5. The van der Waals surface area contributed by atoms with Crippen LogP contribution in [0.15, 0.2) is 35.5 Å². The van der Waals surface area contributed by atoms with E-state index in [0.717, 1.165) is 29.3 Å². The molecule has 15 heteroatoms. The fraction of sp³-hybridized carbons (Fsp3) is 0.429. The second kappa shape index (κ2) is 12.4. The number of fused-ring (bicyclic) bond motifs is 1. The third kappa shape index (κ3) is 7.55. The SMILES string of the molecule is COc1cc(F)c(S(C)(=O)=O)cc1NCC#Cc1cc(C(=O)N[C@H]2[C@H](C)CN(C)C[C@H]2F)c2ncn(CC(F)(F)F)c2c1. The fourth-order valence-electron chi connectivity index (χ4n) is 5.05. The molecule has 0 radical (unpaired) electrons. The number of hydrogen-bond acceptors (Lipinski definition) is 7. The summed E-state index contributed by atoms with van der Waals surface area (Å²) in [4.78, 5) is 18.7. The van der Waals surface area contributed by atoms with Crippen molar-refractivity contribution in [3.63, 3.8) is 0 Å². The summed E-state index contributed by atoms with van der Waals surface area (Å²) < 4.78 is 98.6. The number of likely N-dealkylation sites (tertiary alicyclic amines) is 1. The minimum absolute atomic E-state index is 0.00534. The molecule has 3 atom stereocenters. The molecular formula is C28H30F5N5O4S. The number of carbonyl (C=O) groups excluding carboxylic acids is 1. The lowest BCUT2D eigenvalue weighted by atomic mass is 9.92. The number of sulfone groups is 1. The summed E-state index contributed by atoms with van der Waals surface area (Å²) in [5.74, 6) is 3.65. The van der Waals surface area contributed by atoms with Gasteiger partial charge in [0.1, 0.15) is 34.7 Å². The number of anilines is 1. The summed E-state index contributed by atoms with van der Waals surface area (Å²) in [6.07, 6.45) is -4.08. The van der Waals surface area contributed by atoms with Crippen molar-refractivity contribution in [2.24, 2.45) is 5.92 Å². The number of piperidine rings is 1. The number of halogens is 5. The number of imidazole rings is 1. The van der Waals surface area contributed by atoms with Crippen molar-refractivity contribution in [2.75, 3.05) is 45.4 Å². The lowest BCUT2D eigenvalue weighted by Crippen LogP contribution is -2.56. The Kier molecular flexibility index (Phi) is 9.22. The predicted molar refractivity (Wildman–Crippen MR) is 150 cm³/mol. The normalized spacial score (nSPS) is 19.5. The maximum absolute atomic E-state index is 14.8. The Morgan fingerprint density at radius 1 is 1.21 bits per heavy atom. The number of nitrogens with zero attached hydrogens (tertiary/aromatic N) is 3. The highest BCUT2D eigenvalue weighted by atomic mass is 32.2. The van der Waals surface area contributed by atoms with E-state index in [-0.39, 0.29) is 52.6 Å². The van der Waals surface area contributed by atoms with E-state index in [9.17, 15) is 35.2 Å². The fourth-order valence-corrected chi connectivity index (χ4v) is 5.79. The highest BCUT2D eigenvalue weighted by molar-refractivity contribution is 7.90. The van der Waals surface area contributed by atoms with Crippen molar-refractivity contribution in [1.29, 1.82) is 0 Å². The van der Waals surface area contributed by atoms with E-state index in [1.807, 2.05) is 4.90 Å². The number of hydrogen-bond donors (Lipinski definition) is 2. The molecule has 2 heterocycles. The molecule has 1 amide bonds. The average molecular weight is 628 g/mol. The standard InChI is InChI=1S/C28H30F5N5O4S/c1-16-12-37(2)13-20(30)25(16)36-27(39)18-8-17(9-22-26(18)35-15-38(22)14-28(31,32)33)6-5-7-34-21-11-24(43(4,40)41)19(29)10-23(21)42-3/h8-11,15-16,20,25,34H,7,12-14H2,1-4H3,(H,36,39)/t16-,20-,25+/m1/s1. The zero-order valence-corrected chi connectivity index (χ0v) is 24.5. The van der Waals surface area contributed by atoms with Crippen LogP contribution in [-0.4, -0.2) is 87.2 Å². The van der Waals surface area contributed by atoms with E-state index in [0.29, 0.717) is 6.54 Å². The van der Waals surface area contributed by atoms with Crippen LogP contribution >= 0.6 is 0 Å². The third-order valence-electron chi connectivity index (χ3n) is 6.96. The van der Waals surface area contributed by atoms with E-state index in [1.54, 1.807) is 14.0 Å². The zero-order valence-electron chi connectivity index (χ0n) is 23.7. The van der Waals surface area contributed by atoms with Gasteiger partial charge in [-0.25, -0.2) is 22.2 Å². The van der Waals surface area contributed by atoms with Gasteiger partial charge in [-0.1, -0.05) is 18.8 Å². The maximum atomic E-state index is 14.8. The van der Waals surface area contributed by atoms with Crippen molar-refractivity contribution in [1.82, 2.24) is 19.8 Å². The number of carbonyl (C=O) groups is 1. The number of amides is 1. The zero-order chi connectivity index (χ0) is 31.7. The molecule has 1 aromatic heterocycles. The molecule has 2 N–H and O–H groups in total. The molecule has 0 bridgehead atoms. The van der Waals surface area contributed by atoms with Gasteiger partial charge in [-0.05, 0) is 31.2 Å². The van der Waals surface area contributed by atoms with Crippen LogP contribution in [0.4, 0.5) is 27.6 Å². The van der Waals surface area contributed by atoms with E-state index in [4.69, 9.17) is 4.74 Å². The van der Waals surface area contributed by atoms with E-state index in [2.05, 4.69) is 27.5 Å². The quantitative estimate of drug-likeness (QED) is 0.305. The molecule has 43 heavy (non-hydrogen) atoms. The number of rotatable bonds is 7. The summed E-state index contributed by atoms with van der Waals surface area (Å²) in [6, 6.07) is 3.89. The number of benzene rings is 2. The molecule has 0 spiro atoms. The van der Waals surface area contributed by atoms with Gasteiger partial charge in [0.2, 0.25) is 0 Å². The molecular weight excluding hydrogens is 597 g/mol. The van der Waals surface area contributed by atoms with Crippen LogP contribution in [-0.2, 0) is 16.4 Å². The summed E-state index contributed by atoms with van der Waals surface area (Å²) in [7, 11) is -0.837. The largest absolute Gasteiger partial charge is 0.494 e. The van der Waals surface area contributed by atoms with Crippen molar-refractivity contribution < 1.29 is 39.9 Å². The van der Waals surface area contributed by atoms with Crippen LogP contribution in [0.5, 0.6) is 5.75 Å². The van der Waals surface area contributed by atoms with Gasteiger partial charge in [-0.2, -0.15) is 13.2 Å². The lowest BCUT2D eigenvalue weighted by molar-refractivity contribution is -0.139. The van der Waals surface area contributed by atoms with Crippen molar-refractivity contribution in [3.8, 4) is 17.6 Å². The van der Waals surface area contributed by atoms with Gasteiger partial charge in [-0.15, -0.1) is 0 Å². The first kappa shape index (κ1) is 32.0. The Morgan fingerprint density at radius 2 is 1.93 bits per heavy atom. The minimum Gasteiger partial charge on any atom is -0.494 e. The molecule has 2 aromatic carbocycles. The van der Waals surface area contributed by atoms with Crippen LogP contribution in [0.2, 0.25) is 0 Å². The van der Waals surface area contributed by atoms with Crippen LogP contribution < -0.4 is 15.4 Å². The van der Waals surface area contributed by atoms with Crippen LogP contribution in [0.1, 0.15) is 22.8 Å². The topological polar surface area (TPSA) is 106 Å². The summed E-state index contributed by atoms with van der Waals surface area (Å²) in [5.41, 5.74) is 0.274. The van der Waals surface area contributed by atoms with Crippen LogP contribution in [0, 0.1) is 23.6 Å². The van der Waals surface area contributed by atoms with Gasteiger partial charge in [0.05, 0.1) is 42.8 Å². The smallest absolute Gasteiger partial charge is 0.406 e. The maximum Gasteiger partial charge on any atom is 0.406 e. The first-order chi connectivity index (χ1) is 20.1. The highest BCUT2D eigenvalue weighted by Crippen LogP contribution is 2.30. The minimum atomic E-state index is -4.56. The van der Waals surface area contributed by atoms with Crippen molar-refractivity contribution >= 4 is 32.5 Å². The molecule has 0 aliphatic carbocycles.